The van der Waals surface area contributed by atoms with Crippen LogP contribution in [0.3, 0.4) is 0 Å². The average molecular weight is 265 g/mol. The Labute approximate surface area is 116 Å². The number of rotatable bonds is 2. The first-order valence-corrected chi connectivity index (χ1v) is 6.46. The van der Waals surface area contributed by atoms with E-state index in [0.717, 1.165) is 27.8 Å². The molecule has 0 aliphatic heterocycles. The van der Waals surface area contributed by atoms with Crippen LogP contribution in [0.25, 0.3) is 10.9 Å². The standard InChI is InChI=1S/C16H15N3O/c1-10-7-15(16(20)18-11(10)2)19-13-8-12-5-3-4-6-14(12)17-9-13/h3-9,19H,1-2H3,(H,18,20). The van der Waals surface area contributed by atoms with Gasteiger partial charge in [0.25, 0.3) is 5.56 Å². The number of hydrogen-bond acceptors (Lipinski definition) is 3. The van der Waals surface area contributed by atoms with E-state index < -0.39 is 0 Å². The van der Waals surface area contributed by atoms with E-state index in [9.17, 15) is 4.79 Å². The number of aryl methyl sites for hydroxylation is 2. The summed E-state index contributed by atoms with van der Waals surface area (Å²) in [5.41, 5.74) is 4.08. The van der Waals surface area contributed by atoms with Gasteiger partial charge in [-0.1, -0.05) is 18.2 Å². The van der Waals surface area contributed by atoms with Crippen molar-refractivity contribution in [1.29, 1.82) is 0 Å². The molecule has 1 aromatic carbocycles. The molecule has 3 rings (SSSR count). The molecule has 0 saturated carbocycles. The van der Waals surface area contributed by atoms with Crippen LogP contribution >= 0.6 is 0 Å². The number of pyridine rings is 2. The fourth-order valence-electron chi connectivity index (χ4n) is 2.11. The number of nitrogens with one attached hydrogen (secondary N) is 2. The topological polar surface area (TPSA) is 57.8 Å². The molecule has 0 atom stereocenters. The molecule has 0 fully saturated rings. The van der Waals surface area contributed by atoms with Crippen molar-refractivity contribution in [3.63, 3.8) is 0 Å². The first-order chi connectivity index (χ1) is 9.63. The molecule has 4 heteroatoms. The number of benzene rings is 1. The third-order valence-corrected chi connectivity index (χ3v) is 3.37. The average Bonchev–Trinajstić information content (AvgIpc) is 2.44. The Morgan fingerprint density at radius 1 is 1.15 bits per heavy atom. The molecule has 2 N–H and O–H groups in total. The van der Waals surface area contributed by atoms with Crippen molar-refractivity contribution in [2.75, 3.05) is 5.32 Å². The van der Waals surface area contributed by atoms with E-state index >= 15 is 0 Å². The fourth-order valence-corrected chi connectivity index (χ4v) is 2.11. The van der Waals surface area contributed by atoms with Crippen LogP contribution in [0.2, 0.25) is 0 Å². The third kappa shape index (κ3) is 2.28. The molecule has 4 nitrogen and oxygen atoms in total. The minimum absolute atomic E-state index is 0.124. The van der Waals surface area contributed by atoms with Crippen LogP contribution < -0.4 is 10.9 Å². The Morgan fingerprint density at radius 2 is 1.95 bits per heavy atom. The van der Waals surface area contributed by atoms with Gasteiger partial charge in [-0.05, 0) is 37.6 Å². The molecule has 0 radical (unpaired) electrons. The van der Waals surface area contributed by atoms with Crippen molar-refractivity contribution in [3.05, 3.63) is 64.2 Å². The van der Waals surface area contributed by atoms with Gasteiger partial charge in [-0.25, -0.2) is 0 Å². The molecule has 0 saturated heterocycles. The van der Waals surface area contributed by atoms with E-state index in [0.29, 0.717) is 5.69 Å². The lowest BCUT2D eigenvalue weighted by Gasteiger charge is -2.08. The summed E-state index contributed by atoms with van der Waals surface area (Å²) < 4.78 is 0. The highest BCUT2D eigenvalue weighted by molar-refractivity contribution is 5.82. The number of anilines is 2. The molecule has 0 aliphatic carbocycles. The zero-order valence-corrected chi connectivity index (χ0v) is 11.4. The van der Waals surface area contributed by atoms with Crippen LogP contribution in [-0.2, 0) is 0 Å². The Balaban J connectivity index is 2.01. The van der Waals surface area contributed by atoms with E-state index in [-0.39, 0.29) is 5.56 Å². The van der Waals surface area contributed by atoms with E-state index in [1.165, 1.54) is 0 Å². The minimum Gasteiger partial charge on any atom is -0.350 e. The summed E-state index contributed by atoms with van der Waals surface area (Å²) in [6.07, 6.45) is 1.73. The van der Waals surface area contributed by atoms with Gasteiger partial charge in [-0.2, -0.15) is 0 Å². The van der Waals surface area contributed by atoms with Gasteiger partial charge >= 0.3 is 0 Å². The summed E-state index contributed by atoms with van der Waals surface area (Å²) in [5.74, 6) is 0. The van der Waals surface area contributed by atoms with Gasteiger partial charge in [0.15, 0.2) is 0 Å². The van der Waals surface area contributed by atoms with Crippen molar-refractivity contribution in [2.24, 2.45) is 0 Å². The second-order valence-electron chi connectivity index (χ2n) is 4.86. The molecule has 3 aromatic rings. The maximum Gasteiger partial charge on any atom is 0.271 e. The van der Waals surface area contributed by atoms with Gasteiger partial charge < -0.3 is 10.3 Å². The molecule has 20 heavy (non-hydrogen) atoms. The summed E-state index contributed by atoms with van der Waals surface area (Å²) in [5, 5.41) is 4.17. The predicted molar refractivity (Wildman–Crippen MR) is 81.6 cm³/mol. The number of aromatic amines is 1. The monoisotopic (exact) mass is 265 g/mol. The van der Waals surface area contributed by atoms with Gasteiger partial charge in [-0.3, -0.25) is 9.78 Å². The molecule has 0 unspecified atom stereocenters. The van der Waals surface area contributed by atoms with Crippen LogP contribution in [0.15, 0.2) is 47.4 Å². The predicted octanol–water partition coefficient (Wildman–Crippen LogP) is 3.28. The van der Waals surface area contributed by atoms with Crippen molar-refractivity contribution in [3.8, 4) is 0 Å². The number of fused-ring (bicyclic) bond motifs is 1. The number of hydrogen-bond donors (Lipinski definition) is 2. The minimum atomic E-state index is -0.124. The van der Waals surface area contributed by atoms with Crippen molar-refractivity contribution >= 4 is 22.3 Å². The lowest BCUT2D eigenvalue weighted by molar-refractivity contribution is 1.10. The molecular weight excluding hydrogens is 250 g/mol. The molecule has 0 spiro atoms. The van der Waals surface area contributed by atoms with Crippen LogP contribution in [0.1, 0.15) is 11.3 Å². The first kappa shape index (κ1) is 12.4. The van der Waals surface area contributed by atoms with Crippen LogP contribution in [-0.4, -0.2) is 9.97 Å². The quantitative estimate of drug-likeness (QED) is 0.747. The second-order valence-corrected chi connectivity index (χ2v) is 4.86. The van der Waals surface area contributed by atoms with Gasteiger partial charge in [0.05, 0.1) is 17.4 Å². The van der Waals surface area contributed by atoms with E-state index in [4.69, 9.17) is 0 Å². The second kappa shape index (κ2) is 4.81. The molecule has 2 heterocycles. The normalized spacial score (nSPS) is 10.7. The maximum atomic E-state index is 11.9. The number of aromatic nitrogens is 2. The fraction of sp³-hybridized carbons (Fsp3) is 0.125. The lowest BCUT2D eigenvalue weighted by Crippen LogP contribution is -2.13. The highest BCUT2D eigenvalue weighted by Crippen LogP contribution is 2.19. The largest absolute Gasteiger partial charge is 0.350 e. The van der Waals surface area contributed by atoms with Crippen LogP contribution in [0, 0.1) is 13.8 Å². The molecule has 2 aromatic heterocycles. The Kier molecular flexibility index (Phi) is 2.99. The van der Waals surface area contributed by atoms with E-state index in [2.05, 4.69) is 15.3 Å². The van der Waals surface area contributed by atoms with Crippen LogP contribution in [0.4, 0.5) is 11.4 Å². The number of H-pyrrole nitrogens is 1. The summed E-state index contributed by atoms with van der Waals surface area (Å²) in [4.78, 5) is 19.1. The lowest BCUT2D eigenvalue weighted by atomic mass is 10.2. The molecule has 100 valence electrons. The zero-order chi connectivity index (χ0) is 14.1. The van der Waals surface area contributed by atoms with Gasteiger partial charge in [-0.15, -0.1) is 0 Å². The molecular formula is C16H15N3O. The van der Waals surface area contributed by atoms with E-state index in [1.807, 2.05) is 50.2 Å². The van der Waals surface area contributed by atoms with Crippen molar-refractivity contribution in [2.45, 2.75) is 13.8 Å². The smallest absolute Gasteiger partial charge is 0.271 e. The highest BCUT2D eigenvalue weighted by Gasteiger charge is 2.04. The first-order valence-electron chi connectivity index (χ1n) is 6.46. The van der Waals surface area contributed by atoms with Crippen molar-refractivity contribution < 1.29 is 0 Å². The van der Waals surface area contributed by atoms with Gasteiger partial charge in [0.1, 0.15) is 5.69 Å². The maximum absolute atomic E-state index is 11.9. The van der Waals surface area contributed by atoms with E-state index in [1.54, 1.807) is 6.20 Å². The Hall–Kier alpha value is -2.62. The van der Waals surface area contributed by atoms with Crippen LogP contribution in [0.5, 0.6) is 0 Å². The molecule has 0 amide bonds. The summed E-state index contributed by atoms with van der Waals surface area (Å²) in [6, 6.07) is 11.7. The van der Waals surface area contributed by atoms with Gasteiger partial charge in [0.2, 0.25) is 0 Å². The third-order valence-electron chi connectivity index (χ3n) is 3.37. The highest BCUT2D eigenvalue weighted by atomic mass is 16.1. The SMILES string of the molecule is Cc1cc(Nc2cnc3ccccc3c2)c(=O)[nH]c1C. The Morgan fingerprint density at radius 3 is 2.80 bits per heavy atom. The van der Waals surface area contributed by atoms with Gasteiger partial charge in [0, 0.05) is 11.1 Å². The van der Waals surface area contributed by atoms with Crippen molar-refractivity contribution in [1.82, 2.24) is 9.97 Å². The Bertz CT molecular complexity index is 836. The molecule has 0 bridgehead atoms. The number of para-hydroxylation sites is 1. The zero-order valence-electron chi connectivity index (χ0n) is 11.4. The summed E-state index contributed by atoms with van der Waals surface area (Å²) in [7, 11) is 0. The molecule has 0 aliphatic rings. The summed E-state index contributed by atoms with van der Waals surface area (Å²) >= 11 is 0. The number of nitrogens with zero attached hydrogens (tertiary/aromatic N) is 1. The summed E-state index contributed by atoms with van der Waals surface area (Å²) in [6.45, 7) is 3.85.